The van der Waals surface area contributed by atoms with Gasteiger partial charge >= 0.3 is 0 Å². The lowest BCUT2D eigenvalue weighted by Crippen LogP contribution is -2.28. The van der Waals surface area contributed by atoms with Crippen molar-refractivity contribution in [3.63, 3.8) is 0 Å². The Labute approximate surface area is 166 Å². The third kappa shape index (κ3) is 3.72. The number of carbonyl (C=O) groups excluding carboxylic acids is 2. The van der Waals surface area contributed by atoms with Crippen LogP contribution in [0.4, 0.5) is 11.4 Å². The number of hydrogen-bond donors (Lipinski definition) is 1. The first kappa shape index (κ1) is 18.1. The normalized spacial score (nSPS) is 16.2. The zero-order valence-electron chi connectivity index (χ0n) is 15.2. The zero-order chi connectivity index (χ0) is 19.5. The van der Waals surface area contributed by atoms with Gasteiger partial charge in [-0.05, 0) is 35.8 Å². The molecule has 1 aromatic heterocycles. The summed E-state index contributed by atoms with van der Waals surface area (Å²) in [5.74, 6) is 0.0383. The topological polar surface area (TPSA) is 84.4 Å². The molecule has 142 valence electrons. The van der Waals surface area contributed by atoms with E-state index in [-0.39, 0.29) is 18.2 Å². The summed E-state index contributed by atoms with van der Waals surface area (Å²) < 4.78 is 9.06. The van der Waals surface area contributed by atoms with Crippen LogP contribution in [0, 0.1) is 5.92 Å². The van der Waals surface area contributed by atoms with Crippen LogP contribution in [0.2, 0.25) is 0 Å². The number of methoxy groups -OCH3 is 1. The predicted octanol–water partition coefficient (Wildman–Crippen LogP) is 3.21. The Kier molecular flexibility index (Phi) is 5.03. The molecule has 2 aromatic carbocycles. The maximum Gasteiger partial charge on any atom is 0.229 e. The van der Waals surface area contributed by atoms with Gasteiger partial charge in [0.25, 0.3) is 0 Å². The summed E-state index contributed by atoms with van der Waals surface area (Å²) in [7, 11) is 1.58. The van der Waals surface area contributed by atoms with Gasteiger partial charge in [0.2, 0.25) is 11.8 Å². The largest absolute Gasteiger partial charge is 0.497 e. The molecule has 2 amide bonds. The smallest absolute Gasteiger partial charge is 0.229 e. The van der Waals surface area contributed by atoms with E-state index in [4.69, 9.17) is 4.74 Å². The molecule has 7 nitrogen and oxygen atoms in total. The van der Waals surface area contributed by atoms with Crippen LogP contribution in [0.5, 0.6) is 5.75 Å². The van der Waals surface area contributed by atoms with Gasteiger partial charge in [-0.25, -0.2) is 0 Å². The summed E-state index contributed by atoms with van der Waals surface area (Å²) in [5.41, 5.74) is 3.16. The van der Waals surface area contributed by atoms with E-state index in [2.05, 4.69) is 14.9 Å². The molecule has 8 heteroatoms. The average Bonchev–Trinajstić information content (AvgIpc) is 3.39. The summed E-state index contributed by atoms with van der Waals surface area (Å²) in [6.45, 7) is 0.348. The molecule has 1 saturated heterocycles. The number of carbonyl (C=O) groups is 2. The number of rotatable bonds is 5. The number of hydrogen-bond acceptors (Lipinski definition) is 6. The van der Waals surface area contributed by atoms with Crippen molar-refractivity contribution >= 4 is 34.7 Å². The van der Waals surface area contributed by atoms with Crippen LogP contribution >= 0.6 is 11.5 Å². The molecule has 4 rings (SSSR count). The fourth-order valence-corrected chi connectivity index (χ4v) is 3.64. The molecule has 28 heavy (non-hydrogen) atoms. The van der Waals surface area contributed by atoms with Crippen LogP contribution in [0.25, 0.3) is 11.3 Å². The van der Waals surface area contributed by atoms with Gasteiger partial charge in [-0.15, -0.1) is 5.10 Å². The Morgan fingerprint density at radius 3 is 2.79 bits per heavy atom. The van der Waals surface area contributed by atoms with Gasteiger partial charge in [0, 0.05) is 41.4 Å². The van der Waals surface area contributed by atoms with Crippen LogP contribution in [0.3, 0.4) is 0 Å². The van der Waals surface area contributed by atoms with Crippen molar-refractivity contribution in [2.24, 2.45) is 5.92 Å². The van der Waals surface area contributed by atoms with Crippen molar-refractivity contribution in [1.82, 2.24) is 9.59 Å². The highest BCUT2D eigenvalue weighted by atomic mass is 32.1. The summed E-state index contributed by atoms with van der Waals surface area (Å²) in [6, 6.07) is 14.7. The summed E-state index contributed by atoms with van der Waals surface area (Å²) in [5, 5.41) is 8.79. The molecular formula is C20H18N4O3S. The molecule has 0 aliphatic carbocycles. The van der Waals surface area contributed by atoms with Gasteiger partial charge in [-0.2, -0.15) is 0 Å². The summed E-state index contributed by atoms with van der Waals surface area (Å²) in [4.78, 5) is 26.7. The molecule has 1 fully saturated rings. The molecule has 0 bridgehead atoms. The molecule has 2 heterocycles. The van der Waals surface area contributed by atoms with Crippen molar-refractivity contribution in [1.29, 1.82) is 0 Å². The molecule has 3 aromatic rings. The molecule has 0 radical (unpaired) electrons. The molecule has 1 aliphatic rings. The molecular weight excluding hydrogens is 376 g/mol. The summed E-state index contributed by atoms with van der Waals surface area (Å²) in [6.07, 6.45) is 0.186. The maximum absolute atomic E-state index is 12.6. The first-order valence-corrected chi connectivity index (χ1v) is 9.60. The van der Waals surface area contributed by atoms with Crippen molar-refractivity contribution in [2.45, 2.75) is 6.42 Å². The fraction of sp³-hybridized carbons (Fsp3) is 0.200. The van der Waals surface area contributed by atoms with Crippen molar-refractivity contribution in [2.75, 3.05) is 23.9 Å². The number of anilines is 2. The first-order chi connectivity index (χ1) is 13.6. The van der Waals surface area contributed by atoms with Crippen molar-refractivity contribution < 1.29 is 14.3 Å². The third-order valence-corrected chi connectivity index (χ3v) is 5.17. The number of ether oxygens (including phenoxy) is 1. The Morgan fingerprint density at radius 2 is 2.07 bits per heavy atom. The van der Waals surface area contributed by atoms with E-state index in [1.807, 2.05) is 47.8 Å². The lowest BCUT2D eigenvalue weighted by atomic mass is 10.1. The van der Waals surface area contributed by atoms with E-state index in [1.165, 1.54) is 11.5 Å². The van der Waals surface area contributed by atoms with Crippen molar-refractivity contribution in [3.05, 3.63) is 53.9 Å². The monoisotopic (exact) mass is 394 g/mol. The Morgan fingerprint density at radius 1 is 1.25 bits per heavy atom. The molecule has 1 aliphatic heterocycles. The van der Waals surface area contributed by atoms with E-state index in [1.54, 1.807) is 18.1 Å². The standard InChI is InChI=1S/C20H18N4O3S/c1-27-17-4-2-3-16(10-17)24-11-14(9-19(24)25)20(26)21-15-7-5-13(6-8-15)18-12-28-23-22-18/h2-8,10,12,14H,9,11H2,1H3,(H,21,26). The minimum atomic E-state index is -0.402. The quantitative estimate of drug-likeness (QED) is 0.718. The second kappa shape index (κ2) is 7.77. The van der Waals surface area contributed by atoms with Gasteiger partial charge in [-0.1, -0.05) is 22.7 Å². The minimum absolute atomic E-state index is 0.0696. The minimum Gasteiger partial charge on any atom is -0.497 e. The third-order valence-electron chi connectivity index (χ3n) is 4.67. The lowest BCUT2D eigenvalue weighted by molar-refractivity contribution is -0.122. The second-order valence-corrected chi connectivity index (χ2v) is 7.07. The highest BCUT2D eigenvalue weighted by Crippen LogP contribution is 2.29. The number of amides is 2. The molecule has 1 unspecified atom stereocenters. The van der Waals surface area contributed by atoms with Crippen LogP contribution < -0.4 is 15.0 Å². The molecule has 0 saturated carbocycles. The van der Waals surface area contributed by atoms with E-state index < -0.39 is 5.92 Å². The van der Waals surface area contributed by atoms with Crippen LogP contribution in [-0.4, -0.2) is 35.1 Å². The van der Waals surface area contributed by atoms with Gasteiger partial charge in [-0.3, -0.25) is 9.59 Å². The van der Waals surface area contributed by atoms with Gasteiger partial charge < -0.3 is 15.0 Å². The van der Waals surface area contributed by atoms with E-state index in [0.717, 1.165) is 16.9 Å². The Balaban J connectivity index is 1.42. The Bertz CT molecular complexity index is 989. The van der Waals surface area contributed by atoms with Crippen LogP contribution in [-0.2, 0) is 9.59 Å². The van der Waals surface area contributed by atoms with E-state index in [9.17, 15) is 9.59 Å². The first-order valence-electron chi connectivity index (χ1n) is 8.77. The average molecular weight is 394 g/mol. The zero-order valence-corrected chi connectivity index (χ0v) is 16.0. The SMILES string of the molecule is COc1cccc(N2CC(C(=O)Nc3ccc(-c4csnn4)cc3)CC2=O)c1. The number of nitrogens with zero attached hydrogens (tertiary/aromatic N) is 3. The Hall–Kier alpha value is -3.26. The highest BCUT2D eigenvalue weighted by molar-refractivity contribution is 7.03. The summed E-state index contributed by atoms with van der Waals surface area (Å²) >= 11 is 1.29. The molecule has 1 atom stereocenters. The molecule has 0 spiro atoms. The number of aromatic nitrogens is 2. The second-order valence-electron chi connectivity index (χ2n) is 6.46. The van der Waals surface area contributed by atoms with Gasteiger partial charge in [0.05, 0.1) is 13.0 Å². The molecule has 1 N–H and O–H groups in total. The van der Waals surface area contributed by atoms with E-state index >= 15 is 0 Å². The van der Waals surface area contributed by atoms with Gasteiger partial charge in [0.15, 0.2) is 0 Å². The van der Waals surface area contributed by atoms with Crippen LogP contribution in [0.15, 0.2) is 53.9 Å². The van der Waals surface area contributed by atoms with Crippen LogP contribution in [0.1, 0.15) is 6.42 Å². The number of nitrogens with one attached hydrogen (secondary N) is 1. The lowest BCUT2D eigenvalue weighted by Gasteiger charge is -2.17. The predicted molar refractivity (Wildman–Crippen MR) is 107 cm³/mol. The van der Waals surface area contributed by atoms with Crippen molar-refractivity contribution in [3.8, 4) is 17.0 Å². The highest BCUT2D eigenvalue weighted by Gasteiger charge is 2.35. The van der Waals surface area contributed by atoms with E-state index in [0.29, 0.717) is 18.0 Å². The maximum atomic E-state index is 12.6. The van der Waals surface area contributed by atoms with Gasteiger partial charge in [0.1, 0.15) is 11.4 Å². The number of benzene rings is 2. The fourth-order valence-electron chi connectivity index (χ4n) is 3.17.